The lowest BCUT2D eigenvalue weighted by Crippen LogP contribution is -2.21. The number of anilines is 1. The van der Waals surface area contributed by atoms with E-state index in [1.54, 1.807) is 6.07 Å². The number of benzene rings is 1. The van der Waals surface area contributed by atoms with E-state index >= 15 is 0 Å². The molecular formula is C16H21BrFN3. The number of nitrogens with zero attached hydrogens (tertiary/aromatic N) is 2. The summed E-state index contributed by atoms with van der Waals surface area (Å²) in [7, 11) is 0. The van der Waals surface area contributed by atoms with E-state index in [2.05, 4.69) is 50.5 Å². The Balaban J connectivity index is 2.71. The first kappa shape index (κ1) is 16.0. The van der Waals surface area contributed by atoms with Crippen LogP contribution in [-0.4, -0.2) is 9.55 Å². The van der Waals surface area contributed by atoms with Gasteiger partial charge in [0.2, 0.25) is 0 Å². The Morgan fingerprint density at radius 1 is 1.29 bits per heavy atom. The first-order valence-corrected chi connectivity index (χ1v) is 7.75. The molecule has 2 N–H and O–H groups in total. The lowest BCUT2D eigenvalue weighted by Gasteiger charge is -2.22. The number of rotatable bonds is 2. The minimum Gasteiger partial charge on any atom is -0.383 e. The molecule has 3 nitrogen and oxygen atoms in total. The predicted octanol–water partition coefficient (Wildman–Crippen LogP) is 4.91. The fourth-order valence-electron chi connectivity index (χ4n) is 2.38. The van der Waals surface area contributed by atoms with Crippen LogP contribution >= 0.6 is 15.9 Å². The normalized spacial score (nSPS) is 12.2. The van der Waals surface area contributed by atoms with Gasteiger partial charge in [0, 0.05) is 21.5 Å². The number of imidazole rings is 1. The van der Waals surface area contributed by atoms with Crippen LogP contribution < -0.4 is 5.73 Å². The van der Waals surface area contributed by atoms with Gasteiger partial charge in [-0.25, -0.2) is 9.37 Å². The van der Waals surface area contributed by atoms with Crippen LogP contribution in [0.25, 0.3) is 11.3 Å². The Morgan fingerprint density at radius 3 is 2.33 bits per heavy atom. The number of nitrogens with two attached hydrogens (primary N) is 1. The van der Waals surface area contributed by atoms with Crippen molar-refractivity contribution in [2.45, 2.75) is 46.1 Å². The van der Waals surface area contributed by atoms with E-state index in [0.717, 1.165) is 11.4 Å². The molecule has 21 heavy (non-hydrogen) atoms. The van der Waals surface area contributed by atoms with Gasteiger partial charge in [0.25, 0.3) is 0 Å². The Kier molecular flexibility index (Phi) is 4.15. The van der Waals surface area contributed by atoms with Gasteiger partial charge < -0.3 is 10.3 Å². The third kappa shape index (κ3) is 2.98. The lowest BCUT2D eigenvalue weighted by molar-refractivity contribution is 0.473. The molecule has 0 bridgehead atoms. The molecule has 114 valence electrons. The maximum atomic E-state index is 13.3. The Labute approximate surface area is 133 Å². The highest BCUT2D eigenvalue weighted by Gasteiger charge is 2.27. The predicted molar refractivity (Wildman–Crippen MR) is 88.8 cm³/mol. The molecule has 1 aromatic heterocycles. The first-order chi connectivity index (χ1) is 9.62. The summed E-state index contributed by atoms with van der Waals surface area (Å²) in [5.74, 6) is 1.26. The highest BCUT2D eigenvalue weighted by atomic mass is 79.9. The molecule has 0 saturated heterocycles. The summed E-state index contributed by atoms with van der Waals surface area (Å²) >= 11 is 3.39. The number of aromatic nitrogens is 2. The number of hydrogen-bond donors (Lipinski definition) is 1. The van der Waals surface area contributed by atoms with Crippen molar-refractivity contribution in [3.05, 3.63) is 34.3 Å². The van der Waals surface area contributed by atoms with E-state index in [1.807, 2.05) is 4.57 Å². The second-order valence-electron chi connectivity index (χ2n) is 6.51. The molecule has 0 unspecified atom stereocenters. The summed E-state index contributed by atoms with van der Waals surface area (Å²) in [6, 6.07) is 4.76. The quantitative estimate of drug-likeness (QED) is 0.833. The zero-order chi connectivity index (χ0) is 15.9. The van der Waals surface area contributed by atoms with E-state index in [4.69, 9.17) is 10.7 Å². The van der Waals surface area contributed by atoms with E-state index in [1.165, 1.54) is 12.1 Å². The summed E-state index contributed by atoms with van der Waals surface area (Å²) in [5, 5.41) is 0. The smallest absolute Gasteiger partial charge is 0.132 e. The van der Waals surface area contributed by atoms with Crippen molar-refractivity contribution >= 4 is 21.7 Å². The lowest BCUT2D eigenvalue weighted by atomic mass is 9.95. The summed E-state index contributed by atoms with van der Waals surface area (Å²) in [6.45, 7) is 10.5. The molecule has 1 heterocycles. The van der Waals surface area contributed by atoms with Crippen LogP contribution in [0, 0.1) is 5.82 Å². The fourth-order valence-corrected chi connectivity index (χ4v) is 2.92. The zero-order valence-corrected chi connectivity index (χ0v) is 14.6. The average Bonchev–Trinajstić information content (AvgIpc) is 2.67. The molecular weight excluding hydrogens is 333 g/mol. The minimum absolute atomic E-state index is 0.122. The van der Waals surface area contributed by atoms with Crippen LogP contribution in [0.2, 0.25) is 0 Å². The minimum atomic E-state index is -0.288. The number of hydrogen-bond acceptors (Lipinski definition) is 2. The molecule has 0 amide bonds. The molecule has 0 saturated carbocycles. The fraction of sp³-hybridized carbons (Fsp3) is 0.438. The van der Waals surface area contributed by atoms with Crippen LogP contribution in [0.4, 0.5) is 10.2 Å². The van der Waals surface area contributed by atoms with Crippen LogP contribution in [-0.2, 0) is 5.41 Å². The van der Waals surface area contributed by atoms with E-state index in [9.17, 15) is 4.39 Å². The Bertz CT molecular complexity index is 669. The van der Waals surface area contributed by atoms with Gasteiger partial charge in [-0.15, -0.1) is 0 Å². The van der Waals surface area contributed by atoms with Crippen molar-refractivity contribution in [1.29, 1.82) is 0 Å². The molecule has 0 aliphatic carbocycles. The molecule has 0 aliphatic heterocycles. The van der Waals surface area contributed by atoms with Crippen molar-refractivity contribution in [2.75, 3.05) is 5.73 Å². The monoisotopic (exact) mass is 353 g/mol. The second kappa shape index (κ2) is 5.44. The van der Waals surface area contributed by atoms with Crippen molar-refractivity contribution in [1.82, 2.24) is 9.55 Å². The number of halogens is 2. The molecule has 2 aromatic rings. The third-order valence-electron chi connectivity index (χ3n) is 3.32. The van der Waals surface area contributed by atoms with Crippen molar-refractivity contribution < 1.29 is 4.39 Å². The molecule has 0 atom stereocenters. The molecule has 0 aliphatic rings. The second-order valence-corrected chi connectivity index (χ2v) is 7.36. The number of nitrogen functional groups attached to an aromatic ring is 1. The van der Waals surface area contributed by atoms with Crippen molar-refractivity contribution in [2.24, 2.45) is 0 Å². The van der Waals surface area contributed by atoms with E-state index in [-0.39, 0.29) is 17.3 Å². The van der Waals surface area contributed by atoms with Gasteiger partial charge >= 0.3 is 0 Å². The van der Waals surface area contributed by atoms with E-state index < -0.39 is 0 Å². The highest BCUT2D eigenvalue weighted by Crippen LogP contribution is 2.37. The molecule has 0 spiro atoms. The maximum Gasteiger partial charge on any atom is 0.132 e. The van der Waals surface area contributed by atoms with Crippen LogP contribution in [0.3, 0.4) is 0 Å². The Hall–Kier alpha value is -1.36. The van der Waals surface area contributed by atoms with Gasteiger partial charge in [-0.3, -0.25) is 0 Å². The molecule has 1 aromatic carbocycles. The summed E-state index contributed by atoms with van der Waals surface area (Å²) in [6.07, 6.45) is 0. The van der Waals surface area contributed by atoms with Gasteiger partial charge in [0.15, 0.2) is 0 Å². The maximum absolute atomic E-state index is 13.3. The van der Waals surface area contributed by atoms with Gasteiger partial charge in [-0.2, -0.15) is 0 Å². The highest BCUT2D eigenvalue weighted by molar-refractivity contribution is 9.10. The summed E-state index contributed by atoms with van der Waals surface area (Å²) in [4.78, 5) is 4.75. The third-order valence-corrected chi connectivity index (χ3v) is 3.98. The van der Waals surface area contributed by atoms with Crippen LogP contribution in [0.15, 0.2) is 22.7 Å². The Morgan fingerprint density at radius 2 is 1.90 bits per heavy atom. The topological polar surface area (TPSA) is 43.8 Å². The van der Waals surface area contributed by atoms with Gasteiger partial charge in [0.1, 0.15) is 23.2 Å². The average molecular weight is 354 g/mol. The van der Waals surface area contributed by atoms with E-state index in [0.29, 0.717) is 16.0 Å². The largest absolute Gasteiger partial charge is 0.383 e. The first-order valence-electron chi connectivity index (χ1n) is 6.96. The molecule has 0 fully saturated rings. The molecule has 2 rings (SSSR count). The zero-order valence-electron chi connectivity index (χ0n) is 13.0. The standard InChI is InChI=1S/C16H21BrFN3/c1-9(2)21-14(19)13(20-15(21)16(3,4)5)11-7-6-10(18)8-12(11)17/h6-9H,19H2,1-5H3. The van der Waals surface area contributed by atoms with Gasteiger partial charge in [0.05, 0.1) is 0 Å². The van der Waals surface area contributed by atoms with Crippen molar-refractivity contribution in [3.8, 4) is 11.3 Å². The summed E-state index contributed by atoms with van der Waals surface area (Å²) in [5.41, 5.74) is 7.70. The van der Waals surface area contributed by atoms with Crippen LogP contribution in [0.5, 0.6) is 0 Å². The molecule has 5 heteroatoms. The van der Waals surface area contributed by atoms with Crippen LogP contribution in [0.1, 0.15) is 46.5 Å². The van der Waals surface area contributed by atoms with Crippen molar-refractivity contribution in [3.63, 3.8) is 0 Å². The summed E-state index contributed by atoms with van der Waals surface area (Å²) < 4.78 is 16.0. The van der Waals surface area contributed by atoms with Gasteiger partial charge in [-0.1, -0.05) is 20.8 Å². The SMILES string of the molecule is CC(C)n1c(C(C)(C)C)nc(-c2ccc(F)cc2Br)c1N. The molecule has 0 radical (unpaired) electrons. The van der Waals surface area contributed by atoms with Gasteiger partial charge in [-0.05, 0) is 48.0 Å².